The van der Waals surface area contributed by atoms with E-state index in [0.29, 0.717) is 31.1 Å². The van der Waals surface area contributed by atoms with Crippen LogP contribution >= 0.6 is 0 Å². The molecule has 1 aliphatic heterocycles. The molecule has 2 aliphatic rings. The smallest absolute Gasteiger partial charge is 0.227 e. The molecule has 3 amide bonds. The van der Waals surface area contributed by atoms with Gasteiger partial charge in [-0.1, -0.05) is 31.4 Å². The molecule has 1 aliphatic carbocycles. The quantitative estimate of drug-likeness (QED) is 0.699. The van der Waals surface area contributed by atoms with Gasteiger partial charge in [0.2, 0.25) is 17.7 Å². The van der Waals surface area contributed by atoms with E-state index in [1.807, 2.05) is 18.2 Å². The van der Waals surface area contributed by atoms with Gasteiger partial charge in [0.15, 0.2) is 0 Å². The van der Waals surface area contributed by atoms with E-state index in [2.05, 4.69) is 10.6 Å². The molecule has 2 N–H and O–H groups in total. The van der Waals surface area contributed by atoms with Crippen molar-refractivity contribution >= 4 is 23.4 Å². The summed E-state index contributed by atoms with van der Waals surface area (Å²) in [5.74, 6) is 0.181. The third-order valence-electron chi connectivity index (χ3n) is 5.57. The highest BCUT2D eigenvalue weighted by Crippen LogP contribution is 2.32. The molecule has 3 rings (SSSR count). The molecule has 1 aromatic rings. The summed E-state index contributed by atoms with van der Waals surface area (Å²) in [6.45, 7) is 1.12. The first-order chi connectivity index (χ1) is 13.6. The zero-order valence-electron chi connectivity index (χ0n) is 16.4. The van der Waals surface area contributed by atoms with E-state index >= 15 is 0 Å². The van der Waals surface area contributed by atoms with Crippen molar-refractivity contribution in [3.63, 3.8) is 0 Å². The zero-order valence-corrected chi connectivity index (χ0v) is 16.4. The Kier molecular flexibility index (Phi) is 6.90. The number of nitrogens with zero attached hydrogens (tertiary/aromatic N) is 1. The normalized spacial score (nSPS) is 20.1. The second kappa shape index (κ2) is 9.57. The molecule has 0 spiro atoms. The maximum Gasteiger partial charge on any atom is 0.227 e. The van der Waals surface area contributed by atoms with E-state index in [1.165, 1.54) is 6.42 Å². The maximum absolute atomic E-state index is 12.4. The number of ether oxygens (including phenoxy) is 1. The van der Waals surface area contributed by atoms with Gasteiger partial charge in [0.05, 0.1) is 18.7 Å². The Morgan fingerprint density at radius 2 is 1.68 bits per heavy atom. The van der Waals surface area contributed by atoms with Crippen molar-refractivity contribution in [1.82, 2.24) is 10.6 Å². The molecule has 1 saturated carbocycles. The summed E-state index contributed by atoms with van der Waals surface area (Å²) < 4.78 is 5.32. The standard InChI is InChI=1S/C21H29N3O4/c1-28-18-10-6-5-9-17(18)24-14-16(13-19(24)25)21(27)23-12-11-22-20(26)15-7-3-2-4-8-15/h5-6,9-10,15-16H,2-4,7-8,11-14H2,1H3,(H,22,26)(H,23,27)/t16-/m1/s1. The molecule has 0 bridgehead atoms. The van der Waals surface area contributed by atoms with E-state index in [-0.39, 0.29) is 30.1 Å². The number of carbonyl (C=O) groups excluding carboxylic acids is 3. The summed E-state index contributed by atoms with van der Waals surface area (Å²) >= 11 is 0. The number of hydrogen-bond donors (Lipinski definition) is 2. The van der Waals surface area contributed by atoms with Crippen LogP contribution in [0.5, 0.6) is 5.75 Å². The third-order valence-corrected chi connectivity index (χ3v) is 5.57. The lowest BCUT2D eigenvalue weighted by Gasteiger charge is -2.21. The minimum Gasteiger partial charge on any atom is -0.495 e. The van der Waals surface area contributed by atoms with E-state index in [4.69, 9.17) is 4.74 Å². The second-order valence-electron chi connectivity index (χ2n) is 7.49. The molecule has 7 heteroatoms. The fraction of sp³-hybridized carbons (Fsp3) is 0.571. The Bertz CT molecular complexity index is 715. The molecule has 28 heavy (non-hydrogen) atoms. The van der Waals surface area contributed by atoms with Crippen LogP contribution in [0.2, 0.25) is 0 Å². The number of carbonyl (C=O) groups is 3. The number of benzene rings is 1. The van der Waals surface area contributed by atoms with Crippen LogP contribution < -0.4 is 20.3 Å². The first-order valence-corrected chi connectivity index (χ1v) is 10.1. The molecule has 1 aromatic carbocycles. The Labute approximate surface area is 165 Å². The predicted molar refractivity (Wildman–Crippen MR) is 106 cm³/mol. The monoisotopic (exact) mass is 387 g/mol. The van der Waals surface area contributed by atoms with Gasteiger partial charge in [-0.15, -0.1) is 0 Å². The molecule has 152 valence electrons. The van der Waals surface area contributed by atoms with Crippen molar-refractivity contribution in [2.24, 2.45) is 11.8 Å². The van der Waals surface area contributed by atoms with Crippen molar-refractivity contribution in [3.05, 3.63) is 24.3 Å². The zero-order chi connectivity index (χ0) is 19.9. The van der Waals surface area contributed by atoms with Gasteiger partial charge in [-0.3, -0.25) is 14.4 Å². The topological polar surface area (TPSA) is 87.7 Å². The highest BCUT2D eigenvalue weighted by molar-refractivity contribution is 6.01. The second-order valence-corrected chi connectivity index (χ2v) is 7.49. The van der Waals surface area contributed by atoms with Gasteiger partial charge < -0.3 is 20.3 Å². The molecule has 7 nitrogen and oxygen atoms in total. The Hall–Kier alpha value is -2.57. The van der Waals surface area contributed by atoms with Crippen LogP contribution in [0.3, 0.4) is 0 Å². The lowest BCUT2D eigenvalue weighted by atomic mass is 9.89. The van der Waals surface area contributed by atoms with Crippen LogP contribution in [-0.4, -0.2) is 44.5 Å². The van der Waals surface area contributed by atoms with Gasteiger partial charge in [-0.25, -0.2) is 0 Å². The highest BCUT2D eigenvalue weighted by Gasteiger charge is 2.36. The van der Waals surface area contributed by atoms with Crippen molar-refractivity contribution in [1.29, 1.82) is 0 Å². The number of nitrogens with one attached hydrogen (secondary N) is 2. The molecule has 2 fully saturated rings. The van der Waals surface area contributed by atoms with Crippen LogP contribution in [0, 0.1) is 11.8 Å². The molecular formula is C21H29N3O4. The van der Waals surface area contributed by atoms with Gasteiger partial charge in [-0.2, -0.15) is 0 Å². The molecule has 0 aromatic heterocycles. The third kappa shape index (κ3) is 4.82. The summed E-state index contributed by atoms with van der Waals surface area (Å²) in [5, 5.41) is 5.75. The molecule has 1 saturated heterocycles. The SMILES string of the molecule is COc1ccccc1N1C[C@H](C(=O)NCCNC(=O)C2CCCCC2)CC1=O. The summed E-state index contributed by atoms with van der Waals surface area (Å²) in [6, 6.07) is 7.30. The predicted octanol–water partition coefficient (Wildman–Crippen LogP) is 1.86. The Balaban J connectivity index is 1.44. The lowest BCUT2D eigenvalue weighted by molar-refractivity contribution is -0.127. The number of amides is 3. The van der Waals surface area contributed by atoms with Gasteiger partial charge in [0, 0.05) is 32.0 Å². The summed E-state index contributed by atoms with van der Waals surface area (Å²) in [5.41, 5.74) is 0.685. The fourth-order valence-corrected chi connectivity index (χ4v) is 3.99. The van der Waals surface area contributed by atoms with Crippen molar-refractivity contribution in [3.8, 4) is 5.75 Å². The van der Waals surface area contributed by atoms with Gasteiger partial charge in [-0.05, 0) is 25.0 Å². The number of hydrogen-bond acceptors (Lipinski definition) is 4. The maximum atomic E-state index is 12.4. The number of para-hydroxylation sites is 2. The summed E-state index contributed by atoms with van der Waals surface area (Å²) in [7, 11) is 1.56. The largest absolute Gasteiger partial charge is 0.495 e. The molecular weight excluding hydrogens is 358 g/mol. The average Bonchev–Trinajstić information content (AvgIpc) is 3.13. The molecule has 0 unspecified atom stereocenters. The fourth-order valence-electron chi connectivity index (χ4n) is 3.99. The Morgan fingerprint density at radius 1 is 1.04 bits per heavy atom. The number of anilines is 1. The van der Waals surface area contributed by atoms with E-state index in [9.17, 15) is 14.4 Å². The van der Waals surface area contributed by atoms with Crippen molar-refractivity contribution in [2.45, 2.75) is 38.5 Å². The number of rotatable bonds is 7. The molecule has 0 radical (unpaired) electrons. The lowest BCUT2D eigenvalue weighted by Crippen LogP contribution is -2.40. The van der Waals surface area contributed by atoms with Gasteiger partial charge in [0.25, 0.3) is 0 Å². The van der Waals surface area contributed by atoms with Gasteiger partial charge in [0.1, 0.15) is 5.75 Å². The summed E-state index contributed by atoms with van der Waals surface area (Å²) in [6.07, 6.45) is 5.55. The Morgan fingerprint density at radius 3 is 2.36 bits per heavy atom. The number of methoxy groups -OCH3 is 1. The van der Waals surface area contributed by atoms with Crippen molar-refractivity contribution < 1.29 is 19.1 Å². The van der Waals surface area contributed by atoms with E-state index in [0.717, 1.165) is 25.7 Å². The summed E-state index contributed by atoms with van der Waals surface area (Å²) in [4.78, 5) is 38.5. The first kappa shape index (κ1) is 20.2. The van der Waals surface area contributed by atoms with Crippen LogP contribution in [0.15, 0.2) is 24.3 Å². The van der Waals surface area contributed by atoms with Crippen LogP contribution in [0.4, 0.5) is 5.69 Å². The van der Waals surface area contributed by atoms with Crippen LogP contribution in [0.25, 0.3) is 0 Å². The minimum absolute atomic E-state index is 0.0877. The average molecular weight is 387 g/mol. The van der Waals surface area contributed by atoms with Crippen molar-refractivity contribution in [2.75, 3.05) is 31.6 Å². The van der Waals surface area contributed by atoms with Crippen LogP contribution in [0.1, 0.15) is 38.5 Å². The van der Waals surface area contributed by atoms with E-state index in [1.54, 1.807) is 18.1 Å². The first-order valence-electron chi connectivity index (χ1n) is 10.1. The van der Waals surface area contributed by atoms with Gasteiger partial charge >= 0.3 is 0 Å². The molecule has 1 atom stereocenters. The highest BCUT2D eigenvalue weighted by atomic mass is 16.5. The minimum atomic E-state index is -0.397. The van der Waals surface area contributed by atoms with Crippen LogP contribution in [-0.2, 0) is 14.4 Å². The van der Waals surface area contributed by atoms with E-state index < -0.39 is 5.92 Å². The molecule has 1 heterocycles.